The number of amides is 1. The van der Waals surface area contributed by atoms with Gasteiger partial charge in [-0.3, -0.25) is 9.59 Å². The summed E-state index contributed by atoms with van der Waals surface area (Å²) in [4.78, 5) is 26.0. The SMILES string of the molecule is Cl.NCc1ccc2cc(OC[C@@H]3C[C@@H](CC(=O)O)C(=O)N3CCCc3ccccc3)ccc2c1. The van der Waals surface area contributed by atoms with Crippen LogP contribution in [0.15, 0.2) is 66.7 Å². The molecule has 0 aliphatic carbocycles. The van der Waals surface area contributed by atoms with Crippen LogP contribution >= 0.6 is 12.4 Å². The number of carbonyl (C=O) groups excluding carboxylic acids is 1. The molecule has 3 aromatic rings. The van der Waals surface area contributed by atoms with Crippen LogP contribution in [0.3, 0.4) is 0 Å². The molecule has 1 heterocycles. The minimum atomic E-state index is -0.939. The smallest absolute Gasteiger partial charge is 0.304 e. The Bertz CT molecular complexity index is 1120. The lowest BCUT2D eigenvalue weighted by atomic mass is 10.0. The number of carbonyl (C=O) groups is 2. The molecule has 0 bridgehead atoms. The van der Waals surface area contributed by atoms with Gasteiger partial charge in [0, 0.05) is 13.1 Å². The van der Waals surface area contributed by atoms with Crippen molar-refractivity contribution in [3.63, 3.8) is 0 Å². The predicted octanol–water partition coefficient (Wildman–Crippen LogP) is 4.42. The number of hydrogen-bond donors (Lipinski definition) is 2. The Balaban J connectivity index is 0.00000324. The quantitative estimate of drug-likeness (QED) is 0.446. The highest BCUT2D eigenvalue weighted by Gasteiger charge is 2.40. The number of fused-ring (bicyclic) bond motifs is 1. The van der Waals surface area contributed by atoms with Crippen LogP contribution < -0.4 is 10.5 Å². The third-order valence-corrected chi connectivity index (χ3v) is 6.31. The number of ether oxygens (including phenoxy) is 1. The molecule has 0 saturated carbocycles. The van der Waals surface area contributed by atoms with Gasteiger partial charge < -0.3 is 20.5 Å². The molecular formula is C27H31ClN2O4. The number of nitrogens with zero attached hydrogens (tertiary/aromatic N) is 1. The van der Waals surface area contributed by atoms with Crippen LogP contribution in [0.2, 0.25) is 0 Å². The minimum Gasteiger partial charge on any atom is -0.491 e. The molecule has 0 unspecified atom stereocenters. The van der Waals surface area contributed by atoms with Crippen molar-refractivity contribution in [3.8, 4) is 5.75 Å². The van der Waals surface area contributed by atoms with Gasteiger partial charge in [0.2, 0.25) is 5.91 Å². The van der Waals surface area contributed by atoms with Crippen molar-refractivity contribution < 1.29 is 19.4 Å². The summed E-state index contributed by atoms with van der Waals surface area (Å²) < 4.78 is 6.09. The molecule has 0 aromatic heterocycles. The van der Waals surface area contributed by atoms with E-state index in [1.54, 1.807) is 0 Å². The van der Waals surface area contributed by atoms with Crippen molar-refractivity contribution in [2.75, 3.05) is 13.2 Å². The van der Waals surface area contributed by atoms with Crippen LogP contribution in [0.1, 0.15) is 30.4 Å². The van der Waals surface area contributed by atoms with Crippen molar-refractivity contribution in [2.24, 2.45) is 11.7 Å². The van der Waals surface area contributed by atoms with Gasteiger partial charge in [-0.15, -0.1) is 12.4 Å². The fourth-order valence-corrected chi connectivity index (χ4v) is 4.58. The van der Waals surface area contributed by atoms with E-state index in [4.69, 9.17) is 10.5 Å². The van der Waals surface area contributed by atoms with Gasteiger partial charge in [-0.1, -0.05) is 48.5 Å². The second kappa shape index (κ2) is 11.9. The van der Waals surface area contributed by atoms with E-state index in [-0.39, 0.29) is 30.8 Å². The van der Waals surface area contributed by atoms with Gasteiger partial charge in [0.25, 0.3) is 0 Å². The Kier molecular flexibility index (Phi) is 8.91. The molecule has 4 rings (SSSR count). The number of carboxylic acids is 1. The number of nitrogens with two attached hydrogens (primary N) is 1. The molecule has 3 aromatic carbocycles. The summed E-state index contributed by atoms with van der Waals surface area (Å²) in [6.07, 6.45) is 2.07. The molecule has 34 heavy (non-hydrogen) atoms. The monoisotopic (exact) mass is 482 g/mol. The zero-order valence-corrected chi connectivity index (χ0v) is 19.9. The van der Waals surface area contributed by atoms with Crippen LogP contribution in [0.25, 0.3) is 10.8 Å². The largest absolute Gasteiger partial charge is 0.491 e. The first kappa shape index (κ1) is 25.5. The first-order chi connectivity index (χ1) is 16.0. The summed E-state index contributed by atoms with van der Waals surface area (Å²) in [7, 11) is 0. The molecule has 2 atom stereocenters. The van der Waals surface area contributed by atoms with Gasteiger partial charge in [-0.25, -0.2) is 0 Å². The Labute approximate surface area is 206 Å². The van der Waals surface area contributed by atoms with Crippen LogP contribution in [0.5, 0.6) is 5.75 Å². The summed E-state index contributed by atoms with van der Waals surface area (Å²) >= 11 is 0. The maximum Gasteiger partial charge on any atom is 0.304 e. The molecule has 7 heteroatoms. The van der Waals surface area contributed by atoms with Crippen molar-refractivity contribution >= 4 is 35.1 Å². The third-order valence-electron chi connectivity index (χ3n) is 6.31. The number of likely N-dealkylation sites (tertiary alicyclic amines) is 1. The van der Waals surface area contributed by atoms with Gasteiger partial charge in [-0.2, -0.15) is 0 Å². The molecule has 1 aliphatic heterocycles. The molecule has 6 nitrogen and oxygen atoms in total. The fourth-order valence-electron chi connectivity index (χ4n) is 4.58. The van der Waals surface area contributed by atoms with E-state index >= 15 is 0 Å². The van der Waals surface area contributed by atoms with E-state index in [0.717, 1.165) is 34.9 Å². The maximum atomic E-state index is 12.9. The normalized spacial score (nSPS) is 17.6. The zero-order chi connectivity index (χ0) is 23.2. The lowest BCUT2D eigenvalue weighted by molar-refractivity contribution is -0.142. The van der Waals surface area contributed by atoms with E-state index in [9.17, 15) is 14.7 Å². The minimum absolute atomic E-state index is 0. The van der Waals surface area contributed by atoms with Crippen molar-refractivity contribution in [3.05, 3.63) is 77.9 Å². The fraction of sp³-hybridized carbons (Fsp3) is 0.333. The number of hydrogen-bond acceptors (Lipinski definition) is 4. The van der Waals surface area contributed by atoms with Crippen molar-refractivity contribution in [1.82, 2.24) is 4.90 Å². The van der Waals surface area contributed by atoms with Gasteiger partial charge in [0.1, 0.15) is 12.4 Å². The predicted molar refractivity (Wildman–Crippen MR) is 135 cm³/mol. The lowest BCUT2D eigenvalue weighted by Crippen LogP contribution is -2.38. The van der Waals surface area contributed by atoms with Gasteiger partial charge >= 0.3 is 5.97 Å². The first-order valence-electron chi connectivity index (χ1n) is 11.5. The van der Waals surface area contributed by atoms with Crippen LogP contribution in [-0.4, -0.2) is 41.1 Å². The topological polar surface area (TPSA) is 92.9 Å². The number of benzene rings is 3. The molecule has 180 valence electrons. The first-order valence-corrected chi connectivity index (χ1v) is 11.5. The molecule has 1 fully saturated rings. The van der Waals surface area contributed by atoms with E-state index in [0.29, 0.717) is 26.1 Å². The number of aryl methyl sites for hydroxylation is 1. The van der Waals surface area contributed by atoms with Crippen LogP contribution in [0, 0.1) is 5.92 Å². The van der Waals surface area contributed by atoms with Gasteiger partial charge in [0.05, 0.1) is 18.4 Å². The highest BCUT2D eigenvalue weighted by molar-refractivity contribution is 5.86. The van der Waals surface area contributed by atoms with Crippen LogP contribution in [-0.2, 0) is 22.6 Å². The second-order valence-corrected chi connectivity index (χ2v) is 8.66. The molecular weight excluding hydrogens is 452 g/mol. The Morgan fingerprint density at radius 1 is 1.03 bits per heavy atom. The summed E-state index contributed by atoms with van der Waals surface area (Å²) in [5.41, 5.74) is 8.04. The highest BCUT2D eigenvalue weighted by atomic mass is 35.5. The number of carboxylic acid groups (broad SMARTS) is 1. The standard InChI is InChI=1S/C27H30N2O4.ClH/c28-17-20-8-9-22-15-25(11-10-21(22)13-20)33-18-24-14-23(16-26(30)31)27(32)29(24)12-4-7-19-5-2-1-3-6-19;/h1-3,5-6,8-11,13,15,23-24H,4,7,12,14,16-18,28H2,(H,30,31);1H/t23-,24-;/m0./s1. The maximum absolute atomic E-state index is 12.9. The van der Waals surface area contributed by atoms with Crippen LogP contribution in [0.4, 0.5) is 0 Å². The molecule has 0 spiro atoms. The van der Waals surface area contributed by atoms with Crippen molar-refractivity contribution in [1.29, 1.82) is 0 Å². The molecule has 1 amide bonds. The van der Waals surface area contributed by atoms with E-state index in [1.165, 1.54) is 5.56 Å². The summed E-state index contributed by atoms with van der Waals surface area (Å²) in [6.45, 7) is 1.44. The number of aliphatic carboxylic acids is 1. The van der Waals surface area contributed by atoms with Crippen molar-refractivity contribution in [2.45, 2.75) is 38.3 Å². The zero-order valence-electron chi connectivity index (χ0n) is 19.1. The Morgan fingerprint density at radius 2 is 1.76 bits per heavy atom. The second-order valence-electron chi connectivity index (χ2n) is 8.66. The number of rotatable bonds is 10. The highest BCUT2D eigenvalue weighted by Crippen LogP contribution is 2.29. The average molecular weight is 483 g/mol. The van der Waals surface area contributed by atoms with E-state index < -0.39 is 11.9 Å². The van der Waals surface area contributed by atoms with Gasteiger partial charge in [-0.05, 0) is 59.4 Å². The summed E-state index contributed by atoms with van der Waals surface area (Å²) in [5.74, 6) is -0.766. The third kappa shape index (κ3) is 6.27. The summed E-state index contributed by atoms with van der Waals surface area (Å²) in [6, 6.07) is 22.1. The van der Waals surface area contributed by atoms with E-state index in [2.05, 4.69) is 18.2 Å². The molecule has 3 N–H and O–H groups in total. The Morgan fingerprint density at radius 3 is 2.50 bits per heavy atom. The molecule has 1 saturated heterocycles. The van der Waals surface area contributed by atoms with Gasteiger partial charge in [0.15, 0.2) is 0 Å². The molecule has 1 aliphatic rings. The Hall–Kier alpha value is -3.09. The average Bonchev–Trinajstić information content (AvgIpc) is 3.11. The van der Waals surface area contributed by atoms with E-state index in [1.807, 2.05) is 53.4 Å². The summed E-state index contributed by atoms with van der Waals surface area (Å²) in [5, 5.41) is 11.4. The lowest BCUT2D eigenvalue weighted by Gasteiger charge is -2.25. The number of halogens is 1. The molecule has 0 radical (unpaired) electrons.